The molecule has 4 aromatic carbocycles. The first-order valence-corrected chi connectivity index (χ1v) is 12.8. The lowest BCUT2D eigenvalue weighted by Gasteiger charge is -2.10. The number of ether oxygens (including phenoxy) is 1. The minimum absolute atomic E-state index is 0.000303. The topological polar surface area (TPSA) is 83.5 Å². The third kappa shape index (κ3) is 6.20. The quantitative estimate of drug-likeness (QED) is 0.0667. The van der Waals surface area contributed by atoms with Crippen LogP contribution in [0.25, 0.3) is 22.0 Å². The van der Waals surface area contributed by atoms with E-state index in [9.17, 15) is 27.2 Å². The van der Waals surface area contributed by atoms with Crippen LogP contribution < -0.4 is 10.2 Å². The van der Waals surface area contributed by atoms with Gasteiger partial charge in [-0.15, -0.1) is 0 Å². The summed E-state index contributed by atoms with van der Waals surface area (Å²) in [6, 6.07) is 21.6. The van der Waals surface area contributed by atoms with Crippen molar-refractivity contribution in [2.24, 2.45) is 5.10 Å². The molecule has 0 saturated carbocycles. The van der Waals surface area contributed by atoms with Gasteiger partial charge in [-0.1, -0.05) is 52.3 Å². The van der Waals surface area contributed by atoms with E-state index < -0.39 is 29.4 Å². The lowest BCUT2D eigenvalue weighted by Crippen LogP contribution is -2.19. The van der Waals surface area contributed by atoms with Crippen LogP contribution in [0.1, 0.15) is 32.0 Å². The highest BCUT2D eigenvalue weighted by Gasteiger charge is 2.31. The Balaban J connectivity index is 1.40. The molecular weight excluding hydrogens is 606 g/mol. The summed E-state index contributed by atoms with van der Waals surface area (Å²) >= 11 is 3.31. The molecule has 1 heterocycles. The van der Waals surface area contributed by atoms with Gasteiger partial charge in [0.25, 0.3) is 5.91 Å². The molecule has 5 aromatic rings. The molecule has 0 atom stereocenters. The largest absolute Gasteiger partial charge is 0.422 e. The van der Waals surface area contributed by atoms with Gasteiger partial charge in [0.1, 0.15) is 17.3 Å². The highest BCUT2D eigenvalue weighted by Crippen LogP contribution is 2.33. The Morgan fingerprint density at radius 2 is 1.71 bits per heavy atom. The van der Waals surface area contributed by atoms with E-state index in [1.165, 1.54) is 36.5 Å². The van der Waals surface area contributed by atoms with E-state index in [0.717, 1.165) is 12.1 Å². The normalized spacial score (nSPS) is 11.6. The molecule has 0 fully saturated rings. The fourth-order valence-corrected chi connectivity index (χ4v) is 4.53. The minimum Gasteiger partial charge on any atom is -0.422 e. The molecule has 206 valence electrons. The summed E-state index contributed by atoms with van der Waals surface area (Å²) in [5.41, 5.74) is 3.28. The maximum atomic E-state index is 14.0. The van der Waals surface area contributed by atoms with Gasteiger partial charge in [-0.25, -0.2) is 14.6 Å². The third-order valence-corrected chi connectivity index (χ3v) is 6.51. The van der Waals surface area contributed by atoms with E-state index in [2.05, 4.69) is 31.4 Å². The van der Waals surface area contributed by atoms with Gasteiger partial charge in [-0.05, 0) is 60.2 Å². The number of aromatic nitrogens is 1. The van der Waals surface area contributed by atoms with Crippen molar-refractivity contribution < 1.29 is 31.9 Å². The number of halogens is 5. The Morgan fingerprint density at radius 1 is 0.927 bits per heavy atom. The molecule has 0 aliphatic carbocycles. The second-order valence-corrected chi connectivity index (χ2v) is 9.70. The van der Waals surface area contributed by atoms with Crippen LogP contribution in [0.2, 0.25) is 0 Å². The predicted molar refractivity (Wildman–Crippen MR) is 149 cm³/mol. The zero-order chi connectivity index (χ0) is 29.1. The summed E-state index contributed by atoms with van der Waals surface area (Å²) in [4.78, 5) is 28.8. The number of nitrogens with one attached hydrogen (secondary N) is 2. The maximum Gasteiger partial charge on any atom is 0.416 e. The van der Waals surface area contributed by atoms with E-state index in [-0.39, 0.29) is 22.6 Å². The van der Waals surface area contributed by atoms with E-state index in [0.29, 0.717) is 32.6 Å². The zero-order valence-electron chi connectivity index (χ0n) is 20.8. The van der Waals surface area contributed by atoms with Gasteiger partial charge in [0.2, 0.25) is 0 Å². The number of carbonyl (C=O) groups excluding carboxylic acids is 2. The smallest absolute Gasteiger partial charge is 0.416 e. The Labute approximate surface area is 238 Å². The molecule has 1 amide bonds. The number of amides is 1. The number of fused-ring (bicyclic) bond motifs is 1. The van der Waals surface area contributed by atoms with Crippen molar-refractivity contribution in [2.45, 2.75) is 6.18 Å². The summed E-state index contributed by atoms with van der Waals surface area (Å²) in [5, 5.41) is 4.50. The molecule has 41 heavy (non-hydrogen) atoms. The summed E-state index contributed by atoms with van der Waals surface area (Å²) < 4.78 is 59.2. The highest BCUT2D eigenvalue weighted by molar-refractivity contribution is 9.10. The van der Waals surface area contributed by atoms with Crippen molar-refractivity contribution in [3.8, 4) is 16.9 Å². The van der Waals surface area contributed by atoms with Crippen LogP contribution in [-0.2, 0) is 6.18 Å². The van der Waals surface area contributed by atoms with Crippen LogP contribution in [0.15, 0.2) is 101 Å². The molecule has 0 bridgehead atoms. The van der Waals surface area contributed by atoms with E-state index in [1.54, 1.807) is 36.4 Å². The minimum atomic E-state index is -4.62. The van der Waals surface area contributed by atoms with Crippen LogP contribution in [-0.4, -0.2) is 23.1 Å². The number of hydrogen-bond donors (Lipinski definition) is 2. The monoisotopic (exact) mass is 623 g/mol. The third-order valence-electron chi connectivity index (χ3n) is 6.02. The molecule has 1 aromatic heterocycles. The van der Waals surface area contributed by atoms with E-state index >= 15 is 0 Å². The number of rotatable bonds is 6. The molecule has 5 rings (SSSR count). The van der Waals surface area contributed by atoms with E-state index in [4.69, 9.17) is 4.74 Å². The second kappa shape index (κ2) is 11.4. The number of alkyl halides is 3. The fraction of sp³-hybridized carbons (Fsp3) is 0.0333. The summed E-state index contributed by atoms with van der Waals surface area (Å²) in [5.74, 6) is -2.08. The van der Waals surface area contributed by atoms with Crippen molar-refractivity contribution in [1.82, 2.24) is 10.4 Å². The molecule has 11 heteroatoms. The number of carbonyl (C=O) groups is 2. The fourth-order valence-electron chi connectivity index (χ4n) is 4.15. The van der Waals surface area contributed by atoms with Crippen LogP contribution in [0.3, 0.4) is 0 Å². The van der Waals surface area contributed by atoms with Gasteiger partial charge in [0, 0.05) is 26.5 Å². The molecule has 0 aliphatic heterocycles. The van der Waals surface area contributed by atoms with Crippen LogP contribution in [0.5, 0.6) is 5.75 Å². The molecule has 0 radical (unpaired) electrons. The number of H-pyrrole nitrogens is 1. The van der Waals surface area contributed by atoms with Crippen molar-refractivity contribution in [1.29, 1.82) is 0 Å². The molecular formula is C30H18BrF4N3O3. The Hall–Kier alpha value is -4.77. The van der Waals surface area contributed by atoms with Gasteiger partial charge in [0.15, 0.2) is 0 Å². The van der Waals surface area contributed by atoms with Gasteiger partial charge in [-0.2, -0.15) is 18.3 Å². The van der Waals surface area contributed by atoms with E-state index in [1.807, 2.05) is 6.07 Å². The average Bonchev–Trinajstić information content (AvgIpc) is 3.33. The van der Waals surface area contributed by atoms with Gasteiger partial charge in [-0.3, -0.25) is 4.79 Å². The maximum absolute atomic E-state index is 14.0. The average molecular weight is 624 g/mol. The van der Waals surface area contributed by atoms with Crippen LogP contribution in [0.4, 0.5) is 17.6 Å². The lowest BCUT2D eigenvalue weighted by atomic mass is 10.0. The summed E-state index contributed by atoms with van der Waals surface area (Å²) in [6.45, 7) is 0. The lowest BCUT2D eigenvalue weighted by molar-refractivity contribution is -0.137. The first kappa shape index (κ1) is 27.8. The summed E-state index contributed by atoms with van der Waals surface area (Å²) in [7, 11) is 0. The molecule has 6 nitrogen and oxygen atoms in total. The molecule has 0 spiro atoms. The van der Waals surface area contributed by atoms with Crippen molar-refractivity contribution in [2.75, 3.05) is 0 Å². The van der Waals surface area contributed by atoms with Crippen LogP contribution >= 0.6 is 15.9 Å². The van der Waals surface area contributed by atoms with Crippen molar-refractivity contribution in [3.05, 3.63) is 124 Å². The summed E-state index contributed by atoms with van der Waals surface area (Å²) in [6.07, 6.45) is -3.40. The molecule has 0 aliphatic rings. The van der Waals surface area contributed by atoms with Crippen molar-refractivity contribution in [3.63, 3.8) is 0 Å². The Morgan fingerprint density at radius 3 is 2.46 bits per heavy atom. The predicted octanol–water partition coefficient (Wildman–Crippen LogP) is 7.74. The van der Waals surface area contributed by atoms with Gasteiger partial charge >= 0.3 is 12.1 Å². The number of aromatic amines is 1. The van der Waals surface area contributed by atoms with Crippen molar-refractivity contribution >= 4 is 44.9 Å². The Bertz CT molecular complexity index is 1800. The second-order valence-electron chi connectivity index (χ2n) is 8.78. The molecule has 2 N–H and O–H groups in total. The SMILES string of the molecule is O=C(Oc1ccc(Br)cc1C=NNC(=O)c1[nH]c2ccc(F)cc2c1-c1ccccc1)c1cccc(C(F)(F)F)c1. The number of esters is 1. The highest BCUT2D eigenvalue weighted by atomic mass is 79.9. The van der Waals surface area contributed by atoms with Crippen LogP contribution in [0, 0.1) is 5.82 Å². The van der Waals surface area contributed by atoms with Gasteiger partial charge in [0.05, 0.1) is 17.3 Å². The first-order valence-electron chi connectivity index (χ1n) is 12.0. The Kier molecular flexibility index (Phi) is 7.71. The number of hydrogen-bond acceptors (Lipinski definition) is 4. The zero-order valence-corrected chi connectivity index (χ0v) is 22.4. The molecule has 0 unspecified atom stereocenters. The first-order chi connectivity index (χ1) is 19.6. The molecule has 0 saturated heterocycles. The number of nitrogens with zero attached hydrogens (tertiary/aromatic N) is 1. The van der Waals surface area contributed by atoms with Gasteiger partial charge < -0.3 is 9.72 Å². The number of hydrazone groups is 1. The standard InChI is InChI=1S/C30H18BrF4N3O3/c31-21-9-12-25(41-29(40)18-7-4-8-20(13-18)30(33,34)35)19(14-21)16-36-38-28(39)27-26(17-5-2-1-3-6-17)23-15-22(32)10-11-24(23)37-27/h1-16,37H,(H,38,39). The number of benzene rings is 4.